The van der Waals surface area contributed by atoms with E-state index in [1.165, 1.54) is 44.2 Å². The van der Waals surface area contributed by atoms with Crippen LogP contribution in [0.5, 0.6) is 5.75 Å². The molecule has 0 aliphatic rings. The fourth-order valence-electron chi connectivity index (χ4n) is 2.63. The van der Waals surface area contributed by atoms with E-state index in [0.29, 0.717) is 0 Å². The van der Waals surface area contributed by atoms with Crippen LogP contribution in [0.25, 0.3) is 0 Å². The molecule has 0 spiro atoms. The van der Waals surface area contributed by atoms with Crippen molar-refractivity contribution in [2.24, 2.45) is 4.99 Å². The molecule has 0 aliphatic carbocycles. The molecular formula is C20H37IN4O. The Morgan fingerprint density at radius 2 is 1.58 bits per heavy atom. The van der Waals surface area contributed by atoms with Gasteiger partial charge in [-0.05, 0) is 57.6 Å². The third-order valence-electron chi connectivity index (χ3n) is 4.16. The molecule has 1 rings (SSSR count). The molecule has 0 saturated carbocycles. The van der Waals surface area contributed by atoms with Crippen LogP contribution in [0.4, 0.5) is 0 Å². The van der Waals surface area contributed by atoms with Crippen LogP contribution in [-0.4, -0.2) is 58.7 Å². The highest BCUT2D eigenvalue weighted by atomic mass is 127. The van der Waals surface area contributed by atoms with Crippen LogP contribution in [0, 0.1) is 0 Å². The van der Waals surface area contributed by atoms with Crippen LogP contribution in [-0.2, 0) is 6.42 Å². The smallest absolute Gasteiger partial charge is 0.190 e. The van der Waals surface area contributed by atoms with Crippen molar-refractivity contribution in [1.82, 2.24) is 15.5 Å². The predicted molar refractivity (Wildman–Crippen MR) is 123 cm³/mol. The molecule has 1 aromatic rings. The molecule has 0 unspecified atom stereocenters. The summed E-state index contributed by atoms with van der Waals surface area (Å²) in [5, 5.41) is 6.77. The fourth-order valence-corrected chi connectivity index (χ4v) is 2.63. The zero-order valence-electron chi connectivity index (χ0n) is 16.9. The maximum atomic E-state index is 5.18. The van der Waals surface area contributed by atoms with Gasteiger partial charge in [0, 0.05) is 20.1 Å². The van der Waals surface area contributed by atoms with Gasteiger partial charge in [0.05, 0.1) is 7.11 Å². The quantitative estimate of drug-likeness (QED) is 0.210. The second kappa shape index (κ2) is 16.2. The number of hydrogen-bond donors (Lipinski definition) is 2. The second-order valence-corrected chi connectivity index (χ2v) is 6.59. The topological polar surface area (TPSA) is 48.9 Å². The largest absolute Gasteiger partial charge is 0.497 e. The lowest BCUT2D eigenvalue weighted by molar-refractivity contribution is 0.389. The van der Waals surface area contributed by atoms with Gasteiger partial charge >= 0.3 is 0 Å². The third-order valence-corrected chi connectivity index (χ3v) is 4.16. The Morgan fingerprint density at radius 3 is 2.19 bits per heavy atom. The highest BCUT2D eigenvalue weighted by Gasteiger charge is 1.99. The lowest BCUT2D eigenvalue weighted by Crippen LogP contribution is -2.38. The summed E-state index contributed by atoms with van der Waals surface area (Å²) < 4.78 is 5.18. The molecule has 0 atom stereocenters. The summed E-state index contributed by atoms with van der Waals surface area (Å²) in [7, 11) is 7.79. The van der Waals surface area contributed by atoms with Gasteiger partial charge in [0.15, 0.2) is 5.96 Å². The molecule has 1 aromatic carbocycles. The number of hydrogen-bond acceptors (Lipinski definition) is 3. The number of ether oxygens (including phenoxy) is 1. The molecule has 0 amide bonds. The van der Waals surface area contributed by atoms with Crippen LogP contribution in [0.1, 0.15) is 37.7 Å². The number of nitrogens with one attached hydrogen (secondary N) is 2. The molecule has 6 heteroatoms. The number of halogens is 1. The van der Waals surface area contributed by atoms with Gasteiger partial charge in [0.25, 0.3) is 0 Å². The normalized spacial score (nSPS) is 11.2. The first-order valence-electron chi connectivity index (χ1n) is 9.38. The van der Waals surface area contributed by atoms with E-state index in [1.54, 1.807) is 7.11 Å². The maximum absolute atomic E-state index is 5.18. The molecule has 0 aliphatic heterocycles. The SMILES string of the molecule is CN=C(NCCCCCCCN(C)C)NCCc1ccc(OC)cc1.I. The highest BCUT2D eigenvalue weighted by molar-refractivity contribution is 14.0. The summed E-state index contributed by atoms with van der Waals surface area (Å²) in [5.74, 6) is 1.79. The van der Waals surface area contributed by atoms with Crippen molar-refractivity contribution < 1.29 is 4.74 Å². The van der Waals surface area contributed by atoms with Gasteiger partial charge < -0.3 is 20.3 Å². The molecule has 0 bridgehead atoms. The van der Waals surface area contributed by atoms with Gasteiger partial charge in [-0.1, -0.05) is 31.4 Å². The van der Waals surface area contributed by atoms with Crippen molar-refractivity contribution in [2.45, 2.75) is 38.5 Å². The Balaban J connectivity index is 0.00000625. The summed E-state index contributed by atoms with van der Waals surface area (Å²) in [4.78, 5) is 6.54. The standard InChI is InChI=1S/C20H36N4O.HI/c1-21-20(22-15-8-6-5-7-9-17-24(2)3)23-16-14-18-10-12-19(25-4)13-11-18;/h10-13H,5-9,14-17H2,1-4H3,(H2,21,22,23);1H. The molecule has 150 valence electrons. The maximum Gasteiger partial charge on any atom is 0.190 e. The van der Waals surface area contributed by atoms with E-state index < -0.39 is 0 Å². The van der Waals surface area contributed by atoms with Crippen LogP contribution in [0.15, 0.2) is 29.3 Å². The Bertz CT molecular complexity index is 477. The van der Waals surface area contributed by atoms with E-state index in [2.05, 4.69) is 46.8 Å². The summed E-state index contributed by atoms with van der Waals surface area (Å²) in [5.41, 5.74) is 1.29. The number of unbranched alkanes of at least 4 members (excludes halogenated alkanes) is 4. The van der Waals surface area contributed by atoms with Gasteiger partial charge in [-0.3, -0.25) is 4.99 Å². The van der Waals surface area contributed by atoms with Crippen molar-refractivity contribution >= 4 is 29.9 Å². The van der Waals surface area contributed by atoms with Crippen molar-refractivity contribution in [1.29, 1.82) is 0 Å². The molecular weight excluding hydrogens is 439 g/mol. The monoisotopic (exact) mass is 476 g/mol. The molecule has 2 N–H and O–H groups in total. The van der Waals surface area contributed by atoms with Crippen molar-refractivity contribution in [3.8, 4) is 5.75 Å². The van der Waals surface area contributed by atoms with Gasteiger partial charge in [0.1, 0.15) is 5.75 Å². The van der Waals surface area contributed by atoms with Crippen molar-refractivity contribution in [3.63, 3.8) is 0 Å². The van der Waals surface area contributed by atoms with Crippen LogP contribution in [0.3, 0.4) is 0 Å². The summed E-state index contributed by atoms with van der Waals surface area (Å²) in [6.45, 7) is 3.05. The van der Waals surface area contributed by atoms with E-state index in [-0.39, 0.29) is 24.0 Å². The number of guanidine groups is 1. The number of methoxy groups -OCH3 is 1. The molecule has 5 nitrogen and oxygen atoms in total. The summed E-state index contributed by atoms with van der Waals surface area (Å²) in [6.07, 6.45) is 7.39. The first kappa shape index (κ1) is 25.0. The zero-order chi connectivity index (χ0) is 18.3. The molecule has 0 radical (unpaired) electrons. The first-order valence-corrected chi connectivity index (χ1v) is 9.38. The Kier molecular flexibility index (Phi) is 15.5. The minimum atomic E-state index is 0. The van der Waals surface area contributed by atoms with E-state index in [1.807, 2.05) is 19.2 Å². The van der Waals surface area contributed by atoms with E-state index in [9.17, 15) is 0 Å². The van der Waals surface area contributed by atoms with Crippen LogP contribution >= 0.6 is 24.0 Å². The number of benzene rings is 1. The Hall–Kier alpha value is -1.02. The predicted octanol–water partition coefficient (Wildman–Crippen LogP) is 3.53. The van der Waals surface area contributed by atoms with Crippen LogP contribution in [0.2, 0.25) is 0 Å². The number of nitrogens with zero attached hydrogens (tertiary/aromatic N) is 2. The average Bonchev–Trinajstić information content (AvgIpc) is 2.62. The van der Waals surface area contributed by atoms with E-state index in [4.69, 9.17) is 4.74 Å². The molecule has 0 saturated heterocycles. The fraction of sp³-hybridized carbons (Fsp3) is 0.650. The van der Waals surface area contributed by atoms with E-state index >= 15 is 0 Å². The highest BCUT2D eigenvalue weighted by Crippen LogP contribution is 2.11. The van der Waals surface area contributed by atoms with E-state index in [0.717, 1.165) is 31.2 Å². The van der Waals surface area contributed by atoms with Gasteiger partial charge in [-0.25, -0.2) is 0 Å². The summed E-state index contributed by atoms with van der Waals surface area (Å²) >= 11 is 0. The minimum Gasteiger partial charge on any atom is -0.497 e. The third kappa shape index (κ3) is 12.4. The number of rotatable bonds is 12. The lowest BCUT2D eigenvalue weighted by atomic mass is 10.1. The van der Waals surface area contributed by atoms with Gasteiger partial charge in [-0.2, -0.15) is 0 Å². The first-order chi connectivity index (χ1) is 12.2. The second-order valence-electron chi connectivity index (χ2n) is 6.59. The molecule has 26 heavy (non-hydrogen) atoms. The zero-order valence-corrected chi connectivity index (χ0v) is 19.2. The molecule has 0 fully saturated rings. The van der Waals surface area contributed by atoms with Gasteiger partial charge in [-0.15, -0.1) is 24.0 Å². The number of aliphatic imine (C=N–C) groups is 1. The summed E-state index contributed by atoms with van der Waals surface area (Å²) in [6, 6.07) is 8.21. The van der Waals surface area contributed by atoms with Crippen LogP contribution < -0.4 is 15.4 Å². The van der Waals surface area contributed by atoms with Crippen molar-refractivity contribution in [2.75, 3.05) is 47.9 Å². The lowest BCUT2D eigenvalue weighted by Gasteiger charge is -2.12. The average molecular weight is 476 g/mol. The van der Waals surface area contributed by atoms with Gasteiger partial charge in [0.2, 0.25) is 0 Å². The molecule has 0 heterocycles. The Labute approximate surface area is 177 Å². The molecule has 0 aromatic heterocycles. The van der Waals surface area contributed by atoms with Crippen molar-refractivity contribution in [3.05, 3.63) is 29.8 Å². The Morgan fingerprint density at radius 1 is 0.962 bits per heavy atom. The minimum absolute atomic E-state index is 0.